The van der Waals surface area contributed by atoms with Gasteiger partial charge in [0.1, 0.15) is 0 Å². The second-order valence-corrected chi connectivity index (χ2v) is 5.47. The standard InChI is InChI=1S/C15H24N2/c1-12-3-5-13(6-4-12)11-17(2)15-9-7-14(16)8-10-15/h3-6,14-15H,7-11,16H2,1-2H3. The van der Waals surface area contributed by atoms with Crippen molar-refractivity contribution in [1.82, 2.24) is 4.90 Å². The molecule has 0 spiro atoms. The van der Waals surface area contributed by atoms with Crippen molar-refractivity contribution in [2.75, 3.05) is 7.05 Å². The van der Waals surface area contributed by atoms with Crippen LogP contribution < -0.4 is 5.73 Å². The van der Waals surface area contributed by atoms with Gasteiger partial charge in [-0.1, -0.05) is 29.8 Å². The summed E-state index contributed by atoms with van der Waals surface area (Å²) >= 11 is 0. The number of hydrogen-bond donors (Lipinski definition) is 1. The van der Waals surface area contributed by atoms with E-state index in [0.717, 1.165) is 12.6 Å². The third-order valence-corrected chi connectivity index (χ3v) is 3.92. The Hall–Kier alpha value is -0.860. The monoisotopic (exact) mass is 232 g/mol. The van der Waals surface area contributed by atoms with Crippen molar-refractivity contribution >= 4 is 0 Å². The van der Waals surface area contributed by atoms with Gasteiger partial charge < -0.3 is 5.73 Å². The largest absolute Gasteiger partial charge is 0.328 e. The molecule has 0 heterocycles. The van der Waals surface area contributed by atoms with Crippen molar-refractivity contribution in [3.05, 3.63) is 35.4 Å². The van der Waals surface area contributed by atoms with Gasteiger partial charge in [0.25, 0.3) is 0 Å². The van der Waals surface area contributed by atoms with Gasteiger partial charge in [0, 0.05) is 18.6 Å². The van der Waals surface area contributed by atoms with Gasteiger partial charge in [0.2, 0.25) is 0 Å². The molecule has 1 aliphatic carbocycles. The van der Waals surface area contributed by atoms with Crippen molar-refractivity contribution in [2.24, 2.45) is 5.73 Å². The van der Waals surface area contributed by atoms with Crippen molar-refractivity contribution in [3.8, 4) is 0 Å². The van der Waals surface area contributed by atoms with Gasteiger partial charge in [0.05, 0.1) is 0 Å². The van der Waals surface area contributed by atoms with E-state index in [1.54, 1.807) is 0 Å². The van der Waals surface area contributed by atoms with Crippen molar-refractivity contribution in [2.45, 2.75) is 51.2 Å². The molecule has 1 aromatic carbocycles. The number of hydrogen-bond acceptors (Lipinski definition) is 2. The van der Waals surface area contributed by atoms with Crippen LogP contribution in [-0.4, -0.2) is 24.0 Å². The SMILES string of the molecule is Cc1ccc(CN(C)C2CCC(N)CC2)cc1. The quantitative estimate of drug-likeness (QED) is 0.868. The molecule has 0 aliphatic heterocycles. The lowest BCUT2D eigenvalue weighted by Crippen LogP contribution is -2.38. The molecule has 2 N–H and O–H groups in total. The first-order valence-electron chi connectivity index (χ1n) is 6.66. The molecule has 1 aliphatic rings. The predicted molar refractivity (Wildman–Crippen MR) is 72.9 cm³/mol. The summed E-state index contributed by atoms with van der Waals surface area (Å²) in [4.78, 5) is 2.48. The molecule has 2 heteroatoms. The third-order valence-electron chi connectivity index (χ3n) is 3.92. The molecule has 0 radical (unpaired) electrons. The molecule has 0 amide bonds. The lowest BCUT2D eigenvalue weighted by molar-refractivity contribution is 0.176. The summed E-state index contributed by atoms with van der Waals surface area (Å²) in [5.74, 6) is 0. The van der Waals surface area contributed by atoms with Crippen LogP contribution in [0.2, 0.25) is 0 Å². The highest BCUT2D eigenvalue weighted by Crippen LogP contribution is 2.22. The first-order chi connectivity index (χ1) is 8.15. The Morgan fingerprint density at radius 2 is 1.71 bits per heavy atom. The number of rotatable bonds is 3. The van der Waals surface area contributed by atoms with Crippen LogP contribution in [-0.2, 0) is 6.54 Å². The molecule has 0 saturated heterocycles. The van der Waals surface area contributed by atoms with Crippen LogP contribution in [0, 0.1) is 6.92 Å². The lowest BCUT2D eigenvalue weighted by Gasteiger charge is -2.33. The maximum Gasteiger partial charge on any atom is 0.0233 e. The predicted octanol–water partition coefficient (Wildman–Crippen LogP) is 2.70. The summed E-state index contributed by atoms with van der Waals surface area (Å²) in [6, 6.07) is 10.0. The van der Waals surface area contributed by atoms with Crippen LogP contribution in [0.5, 0.6) is 0 Å². The number of nitrogens with zero attached hydrogens (tertiary/aromatic N) is 1. The molecular weight excluding hydrogens is 208 g/mol. The van der Waals surface area contributed by atoms with Crippen LogP contribution >= 0.6 is 0 Å². The Labute approximate surface area is 105 Å². The molecule has 2 rings (SSSR count). The zero-order valence-electron chi connectivity index (χ0n) is 11.0. The molecule has 0 bridgehead atoms. The minimum Gasteiger partial charge on any atom is -0.328 e. The van der Waals surface area contributed by atoms with E-state index in [0.29, 0.717) is 6.04 Å². The number of aryl methyl sites for hydroxylation is 1. The molecule has 0 unspecified atom stereocenters. The second kappa shape index (κ2) is 5.65. The fourth-order valence-electron chi connectivity index (χ4n) is 2.65. The van der Waals surface area contributed by atoms with Gasteiger partial charge >= 0.3 is 0 Å². The van der Waals surface area contributed by atoms with Crippen LogP contribution in [0.15, 0.2) is 24.3 Å². The second-order valence-electron chi connectivity index (χ2n) is 5.47. The summed E-state index contributed by atoms with van der Waals surface area (Å²) in [6.07, 6.45) is 4.87. The Balaban J connectivity index is 1.88. The first-order valence-corrected chi connectivity index (χ1v) is 6.66. The molecule has 0 atom stereocenters. The van der Waals surface area contributed by atoms with Gasteiger partial charge in [-0.05, 0) is 45.2 Å². The van der Waals surface area contributed by atoms with E-state index in [1.807, 2.05) is 0 Å². The van der Waals surface area contributed by atoms with E-state index in [9.17, 15) is 0 Å². The molecule has 17 heavy (non-hydrogen) atoms. The topological polar surface area (TPSA) is 29.3 Å². The van der Waals surface area contributed by atoms with E-state index >= 15 is 0 Å². The summed E-state index contributed by atoms with van der Waals surface area (Å²) in [6.45, 7) is 3.19. The Morgan fingerprint density at radius 3 is 2.29 bits per heavy atom. The smallest absolute Gasteiger partial charge is 0.0233 e. The van der Waals surface area contributed by atoms with Gasteiger partial charge in [0.15, 0.2) is 0 Å². The van der Waals surface area contributed by atoms with Gasteiger partial charge in [-0.25, -0.2) is 0 Å². The number of benzene rings is 1. The summed E-state index contributed by atoms with van der Waals surface area (Å²) in [5, 5.41) is 0. The fraction of sp³-hybridized carbons (Fsp3) is 0.600. The van der Waals surface area contributed by atoms with E-state index < -0.39 is 0 Å². The van der Waals surface area contributed by atoms with E-state index in [2.05, 4.69) is 43.1 Å². The highest BCUT2D eigenvalue weighted by Gasteiger charge is 2.21. The fourth-order valence-corrected chi connectivity index (χ4v) is 2.65. The molecule has 94 valence electrons. The van der Waals surface area contributed by atoms with Crippen molar-refractivity contribution in [3.63, 3.8) is 0 Å². The molecule has 1 fully saturated rings. The molecule has 0 aromatic heterocycles. The minimum atomic E-state index is 0.444. The minimum absolute atomic E-state index is 0.444. The average Bonchev–Trinajstić information content (AvgIpc) is 2.33. The van der Waals surface area contributed by atoms with Gasteiger partial charge in [-0.15, -0.1) is 0 Å². The van der Waals surface area contributed by atoms with Crippen LogP contribution in [0.4, 0.5) is 0 Å². The molecule has 2 nitrogen and oxygen atoms in total. The Morgan fingerprint density at radius 1 is 1.12 bits per heavy atom. The van der Waals surface area contributed by atoms with Crippen molar-refractivity contribution < 1.29 is 0 Å². The van der Waals surface area contributed by atoms with Gasteiger partial charge in [-0.3, -0.25) is 4.90 Å². The van der Waals surface area contributed by atoms with Crippen LogP contribution in [0.1, 0.15) is 36.8 Å². The van der Waals surface area contributed by atoms with Crippen LogP contribution in [0.25, 0.3) is 0 Å². The Bertz CT molecular complexity index is 336. The van der Waals surface area contributed by atoms with E-state index in [-0.39, 0.29) is 0 Å². The normalized spacial score (nSPS) is 25.2. The highest BCUT2D eigenvalue weighted by molar-refractivity contribution is 5.21. The maximum absolute atomic E-state index is 5.95. The number of nitrogens with two attached hydrogens (primary N) is 1. The summed E-state index contributed by atoms with van der Waals surface area (Å²) in [5.41, 5.74) is 8.69. The van der Waals surface area contributed by atoms with E-state index in [1.165, 1.54) is 36.8 Å². The zero-order chi connectivity index (χ0) is 12.3. The summed E-state index contributed by atoms with van der Waals surface area (Å²) in [7, 11) is 2.24. The van der Waals surface area contributed by atoms with Gasteiger partial charge in [-0.2, -0.15) is 0 Å². The van der Waals surface area contributed by atoms with Crippen molar-refractivity contribution in [1.29, 1.82) is 0 Å². The Kier molecular flexibility index (Phi) is 4.19. The molecule has 1 aromatic rings. The van der Waals surface area contributed by atoms with E-state index in [4.69, 9.17) is 5.73 Å². The summed E-state index contributed by atoms with van der Waals surface area (Å²) < 4.78 is 0. The highest BCUT2D eigenvalue weighted by atomic mass is 15.1. The molecular formula is C15H24N2. The first kappa shape index (κ1) is 12.6. The lowest BCUT2D eigenvalue weighted by atomic mass is 9.91. The molecule has 1 saturated carbocycles. The third kappa shape index (κ3) is 3.55. The average molecular weight is 232 g/mol. The zero-order valence-corrected chi connectivity index (χ0v) is 11.0. The van der Waals surface area contributed by atoms with Crippen LogP contribution in [0.3, 0.4) is 0 Å². The maximum atomic E-state index is 5.95.